The van der Waals surface area contributed by atoms with Gasteiger partial charge in [-0.1, -0.05) is 78.7 Å². The molecule has 2 aliphatic carbocycles. The number of carbonyl (C=O) groups excluding carboxylic acids is 1. The van der Waals surface area contributed by atoms with Crippen LogP contribution in [0.5, 0.6) is 11.5 Å². The molecule has 14 heteroatoms. The van der Waals surface area contributed by atoms with Crippen molar-refractivity contribution in [1.29, 1.82) is 0 Å². The maximum atomic E-state index is 14.7. The molecule has 0 saturated heterocycles. The molecular formula is C53H72N2O11S. The molecule has 6 rings (SSSR count). The maximum absolute atomic E-state index is 14.7. The van der Waals surface area contributed by atoms with Gasteiger partial charge in [-0.3, -0.25) is 4.90 Å². The number of ether oxygens (including phenoxy) is 6. The van der Waals surface area contributed by atoms with E-state index in [4.69, 9.17) is 38.4 Å². The minimum Gasteiger partial charge on any atom is -0.493 e. The Balaban J connectivity index is 1.46. The van der Waals surface area contributed by atoms with E-state index in [-0.39, 0.29) is 83.6 Å². The zero-order valence-electron chi connectivity index (χ0n) is 39.6. The average molecular weight is 945 g/mol. The van der Waals surface area contributed by atoms with Crippen LogP contribution >= 0.6 is 11.8 Å². The van der Waals surface area contributed by atoms with Crippen molar-refractivity contribution in [3.05, 3.63) is 114 Å². The van der Waals surface area contributed by atoms with Crippen LogP contribution in [-0.2, 0) is 30.4 Å². The highest BCUT2D eigenvalue weighted by Crippen LogP contribution is 2.62. The number of nitrogens with zero attached hydrogens (tertiary/aromatic N) is 2. The van der Waals surface area contributed by atoms with Gasteiger partial charge in [0, 0.05) is 48.3 Å². The van der Waals surface area contributed by atoms with Crippen molar-refractivity contribution in [3.8, 4) is 11.5 Å². The van der Waals surface area contributed by atoms with Gasteiger partial charge in [0.05, 0.1) is 57.9 Å². The van der Waals surface area contributed by atoms with E-state index in [0.29, 0.717) is 37.5 Å². The molecule has 0 bridgehead atoms. The van der Waals surface area contributed by atoms with Crippen LogP contribution in [0.15, 0.2) is 113 Å². The first-order valence-corrected chi connectivity index (χ1v) is 24.9. The number of thioether (sulfide) groups is 1. The third-order valence-electron chi connectivity index (χ3n) is 12.3. The average Bonchev–Trinajstić information content (AvgIpc) is 3.33. The molecule has 3 N–H and O–H groups in total. The van der Waals surface area contributed by atoms with E-state index in [0.717, 1.165) is 53.9 Å². The molecule has 13 nitrogen and oxygen atoms in total. The fourth-order valence-electron chi connectivity index (χ4n) is 9.50. The predicted molar refractivity (Wildman–Crippen MR) is 261 cm³/mol. The van der Waals surface area contributed by atoms with Crippen LogP contribution in [-0.4, -0.2) is 121 Å². The summed E-state index contributed by atoms with van der Waals surface area (Å²) < 4.78 is 38.7. The van der Waals surface area contributed by atoms with Crippen LogP contribution in [0.4, 0.5) is 4.79 Å². The summed E-state index contributed by atoms with van der Waals surface area (Å²) >= 11 is 1.74. The van der Waals surface area contributed by atoms with Crippen molar-refractivity contribution >= 4 is 23.6 Å². The second-order valence-corrected chi connectivity index (χ2v) is 19.3. The predicted octanol–water partition coefficient (Wildman–Crippen LogP) is 8.95. The number of fused-ring (bicyclic) bond motifs is 2. The Hall–Kier alpha value is -4.41. The van der Waals surface area contributed by atoms with Crippen molar-refractivity contribution in [2.45, 2.75) is 101 Å². The third-order valence-corrected chi connectivity index (χ3v) is 13.3. The summed E-state index contributed by atoms with van der Waals surface area (Å²) in [6.07, 6.45) is 8.14. The Morgan fingerprint density at radius 1 is 0.896 bits per heavy atom. The number of carbonyl (C=O) groups is 1. The summed E-state index contributed by atoms with van der Waals surface area (Å²) in [7, 11) is 0. The lowest BCUT2D eigenvalue weighted by atomic mass is 9.55. The number of rotatable bonds is 28. The molecule has 1 amide bonds. The number of unbranched alkanes of at least 4 members (excludes halogenated alkanes) is 2. The van der Waals surface area contributed by atoms with Crippen LogP contribution in [0.2, 0.25) is 0 Å². The molecule has 1 fully saturated rings. The number of benzene rings is 3. The lowest BCUT2D eigenvalue weighted by Crippen LogP contribution is -2.70. The second kappa shape index (κ2) is 26.4. The first kappa shape index (κ1) is 52.0. The minimum absolute atomic E-state index is 0.00301. The van der Waals surface area contributed by atoms with Gasteiger partial charge in [0.2, 0.25) is 5.79 Å². The Morgan fingerprint density at radius 3 is 2.36 bits per heavy atom. The first-order valence-electron chi connectivity index (χ1n) is 23.9. The molecule has 366 valence electrons. The van der Waals surface area contributed by atoms with Crippen LogP contribution in [0.1, 0.15) is 82.8 Å². The number of amides is 1. The summed E-state index contributed by atoms with van der Waals surface area (Å²) in [6.45, 7) is 11.3. The van der Waals surface area contributed by atoms with E-state index in [1.54, 1.807) is 22.7 Å². The number of allylic oxidation sites excluding steroid dienone is 1. The summed E-state index contributed by atoms with van der Waals surface area (Å²) in [6, 6.07) is 25.2. The van der Waals surface area contributed by atoms with E-state index in [2.05, 4.69) is 30.9 Å². The maximum Gasteiger partial charge on any atom is 0.410 e. The van der Waals surface area contributed by atoms with E-state index >= 15 is 0 Å². The minimum atomic E-state index is -1.49. The lowest BCUT2D eigenvalue weighted by molar-refractivity contribution is -0.256. The quantitative estimate of drug-likeness (QED) is 0.0275. The molecule has 0 unspecified atom stereocenters. The molecule has 0 radical (unpaired) electrons. The van der Waals surface area contributed by atoms with Gasteiger partial charge in [-0.2, -0.15) is 0 Å². The molecular weight excluding hydrogens is 873 g/mol. The van der Waals surface area contributed by atoms with Crippen molar-refractivity contribution in [2.75, 3.05) is 71.8 Å². The summed E-state index contributed by atoms with van der Waals surface area (Å²) in [5.74, 6) is -0.0311. The van der Waals surface area contributed by atoms with Crippen molar-refractivity contribution in [1.82, 2.24) is 4.90 Å². The molecule has 0 aromatic heterocycles. The summed E-state index contributed by atoms with van der Waals surface area (Å²) in [5, 5.41) is 34.5. The topological polar surface area (TPSA) is 158 Å². The van der Waals surface area contributed by atoms with Gasteiger partial charge in [-0.15, -0.1) is 18.3 Å². The zero-order chi connectivity index (χ0) is 47.5. The van der Waals surface area contributed by atoms with Gasteiger partial charge in [0.15, 0.2) is 0 Å². The second-order valence-electron chi connectivity index (χ2n) is 18.2. The number of aliphatic hydroxyl groups excluding tert-OH is 3. The number of hydrogen-bond donors (Lipinski definition) is 3. The van der Waals surface area contributed by atoms with Gasteiger partial charge >= 0.3 is 6.09 Å². The Bertz CT molecular complexity index is 2030. The Kier molecular flexibility index (Phi) is 20.5. The first-order chi connectivity index (χ1) is 32.6. The number of oxime groups is 1. The van der Waals surface area contributed by atoms with Gasteiger partial charge < -0.3 is 48.6 Å². The molecule has 3 aromatic rings. The van der Waals surface area contributed by atoms with Crippen LogP contribution in [0.25, 0.3) is 0 Å². The number of hydrogen-bond acceptors (Lipinski definition) is 13. The van der Waals surface area contributed by atoms with Crippen molar-refractivity contribution < 1.29 is 53.4 Å². The zero-order valence-corrected chi connectivity index (χ0v) is 40.4. The monoisotopic (exact) mass is 944 g/mol. The van der Waals surface area contributed by atoms with Crippen LogP contribution < -0.4 is 9.47 Å². The summed E-state index contributed by atoms with van der Waals surface area (Å²) in [4.78, 5) is 23.8. The molecule has 1 heterocycles. The highest BCUT2D eigenvalue weighted by molar-refractivity contribution is 7.99. The van der Waals surface area contributed by atoms with Crippen molar-refractivity contribution in [2.24, 2.45) is 22.9 Å². The van der Waals surface area contributed by atoms with E-state index in [1.165, 1.54) is 4.90 Å². The van der Waals surface area contributed by atoms with Crippen molar-refractivity contribution in [3.63, 3.8) is 0 Å². The highest BCUT2D eigenvalue weighted by atomic mass is 32.2. The van der Waals surface area contributed by atoms with Crippen LogP contribution in [0.3, 0.4) is 0 Å². The van der Waals surface area contributed by atoms with Crippen LogP contribution in [0, 0.1) is 17.8 Å². The molecule has 1 aliphatic heterocycles. The molecule has 1 saturated carbocycles. The Morgan fingerprint density at radius 2 is 1.64 bits per heavy atom. The van der Waals surface area contributed by atoms with E-state index < -0.39 is 29.4 Å². The van der Waals surface area contributed by atoms with E-state index in [1.807, 2.05) is 81.4 Å². The normalized spacial score (nSPS) is 22.5. The molecule has 67 heavy (non-hydrogen) atoms. The smallest absolute Gasteiger partial charge is 0.410 e. The summed E-state index contributed by atoms with van der Waals surface area (Å²) in [5.41, 5.74) is 2.95. The SMILES string of the molecule is C=CCO[C@@]12Oc3ccc(OCCSc4ccccc4)cc3[C@H]3[C@H](CCCCO)[C@@H](CCCCO)C=C(C(=NOC(C)(C)C)C[C@@H]1N(CCOCCO)C(=O)OCCOCc1ccccc1)[C@H]32. The fraction of sp³-hybridized carbons (Fsp3) is 0.547. The van der Waals surface area contributed by atoms with Gasteiger partial charge in [0.25, 0.3) is 0 Å². The number of aliphatic hydroxyl groups is 3. The third kappa shape index (κ3) is 14.3. The largest absolute Gasteiger partial charge is 0.493 e. The van der Waals surface area contributed by atoms with Gasteiger partial charge in [-0.25, -0.2) is 4.79 Å². The van der Waals surface area contributed by atoms with Gasteiger partial charge in [0.1, 0.15) is 29.7 Å². The Labute approximate surface area is 401 Å². The van der Waals surface area contributed by atoms with Gasteiger partial charge in [-0.05, 0) is 99.8 Å². The highest BCUT2D eigenvalue weighted by Gasteiger charge is 2.65. The molecule has 3 aliphatic rings. The fourth-order valence-corrected chi connectivity index (χ4v) is 10.3. The molecule has 3 aromatic carbocycles. The lowest BCUT2D eigenvalue weighted by Gasteiger charge is -2.60. The van der Waals surface area contributed by atoms with E-state index in [9.17, 15) is 20.1 Å². The standard InChI is InChI=1S/C53H72N2O11S/c1-5-28-64-53-48(55(24-29-60-30-27-58)51(59)63-32-31-61-38-39-16-8-6-9-17-39)37-46(54-66-52(2,3)4)44-35-40(18-12-14-25-56)43(21-13-15-26-57)49(50(44)53)45-36-41(22-23-47(45)65-53)62-33-34-67-42-19-10-7-11-20-42/h5-11,16-17,19-20,22-23,35-36,40,43,48-50,56-58H,1,12-15,18,21,24-34,37-38H2,2-4H3/t40-,43+,48-,49+,50+,53+/m0/s1. The molecule has 0 spiro atoms. The molecule has 6 atom stereocenters.